The van der Waals surface area contributed by atoms with Gasteiger partial charge < -0.3 is 0 Å². The molecule has 0 N–H and O–H groups in total. The second kappa shape index (κ2) is 1.99. The van der Waals surface area contributed by atoms with E-state index in [0.29, 0.717) is 0 Å². The molecule has 0 aliphatic carbocycles. The Bertz CT molecular complexity index is 129. The summed E-state index contributed by atoms with van der Waals surface area (Å²) in [6, 6.07) is 0. The van der Waals surface area contributed by atoms with Gasteiger partial charge in [-0.1, -0.05) is 0 Å². The molecular weight excluding hydrogens is 175 g/mol. The molecule has 0 aromatic heterocycles. The van der Waals surface area contributed by atoms with Crippen LogP contribution in [-0.4, -0.2) is 16.7 Å². The van der Waals surface area contributed by atoms with Gasteiger partial charge in [0.1, 0.15) is 0 Å². The topological polar surface area (TPSA) is 0 Å². The summed E-state index contributed by atoms with van der Waals surface area (Å²) in [6.07, 6.45) is -1.38. The van der Waals surface area contributed by atoms with Crippen LogP contribution in [0.1, 0.15) is 6.42 Å². The fourth-order valence-corrected chi connectivity index (χ4v) is 1.48. The van der Waals surface area contributed by atoms with E-state index in [-0.39, 0.29) is 0 Å². The van der Waals surface area contributed by atoms with E-state index < -0.39 is 34.9 Å². The Morgan fingerprint density at radius 1 is 1.20 bits per heavy atom. The van der Waals surface area contributed by atoms with Gasteiger partial charge in [-0.05, 0) is 11.8 Å². The number of alkyl halides is 5. The monoisotopic (exact) mass is 178 g/mol. The molecule has 0 aromatic rings. The van der Waals surface area contributed by atoms with Crippen molar-refractivity contribution in [3.63, 3.8) is 0 Å². The molecule has 10 heavy (non-hydrogen) atoms. The Labute approximate surface area is 57.8 Å². The van der Waals surface area contributed by atoms with Crippen LogP contribution in [0, 0.1) is 0 Å². The molecule has 1 rings (SSSR count). The third kappa shape index (κ3) is 1.09. The largest absolute Gasteiger partial charge is 0.358 e. The molecule has 1 atom stereocenters. The van der Waals surface area contributed by atoms with Gasteiger partial charge >= 0.3 is 11.2 Å². The van der Waals surface area contributed by atoms with Crippen LogP contribution in [0.3, 0.4) is 0 Å². The maximum atomic E-state index is 12.0. The standard InChI is InChI=1S/C4H3F5S/c5-2-1-3(6,7)4(8,9)10-2/h2H,1H2. The average molecular weight is 178 g/mol. The summed E-state index contributed by atoms with van der Waals surface area (Å²) in [7, 11) is 0. The molecule has 1 heterocycles. The van der Waals surface area contributed by atoms with E-state index >= 15 is 0 Å². The van der Waals surface area contributed by atoms with Gasteiger partial charge in [0.25, 0.3) is 0 Å². The van der Waals surface area contributed by atoms with Crippen molar-refractivity contribution < 1.29 is 22.0 Å². The molecule has 0 bridgehead atoms. The molecule has 1 aliphatic rings. The van der Waals surface area contributed by atoms with E-state index in [1.807, 2.05) is 0 Å². The smallest absolute Gasteiger partial charge is 0.235 e. The summed E-state index contributed by atoms with van der Waals surface area (Å²) < 4.78 is 59.7. The molecule has 1 aliphatic heterocycles. The summed E-state index contributed by atoms with van der Waals surface area (Å²) in [5.74, 6) is -4.18. The van der Waals surface area contributed by atoms with Crippen LogP contribution in [0.15, 0.2) is 0 Å². The van der Waals surface area contributed by atoms with Crippen LogP contribution in [0.2, 0.25) is 0 Å². The zero-order valence-electron chi connectivity index (χ0n) is 4.58. The average Bonchev–Trinajstić information content (AvgIpc) is 1.73. The summed E-state index contributed by atoms with van der Waals surface area (Å²) >= 11 is -0.620. The lowest BCUT2D eigenvalue weighted by Gasteiger charge is -2.15. The van der Waals surface area contributed by atoms with Crippen LogP contribution in [0.4, 0.5) is 22.0 Å². The molecule has 0 radical (unpaired) electrons. The van der Waals surface area contributed by atoms with Crippen LogP contribution in [0.25, 0.3) is 0 Å². The van der Waals surface area contributed by atoms with E-state index in [4.69, 9.17) is 0 Å². The van der Waals surface area contributed by atoms with Gasteiger partial charge in [0.2, 0.25) is 0 Å². The minimum atomic E-state index is -4.23. The van der Waals surface area contributed by atoms with Gasteiger partial charge in [0.05, 0.1) is 6.42 Å². The number of hydrogen-bond donors (Lipinski definition) is 0. The van der Waals surface area contributed by atoms with E-state index in [0.717, 1.165) is 0 Å². The summed E-state index contributed by atoms with van der Waals surface area (Å²) in [5, 5.41) is -4.23. The van der Waals surface area contributed by atoms with Gasteiger partial charge in [-0.25, -0.2) is 4.39 Å². The molecular formula is C4H3F5S. The summed E-state index contributed by atoms with van der Waals surface area (Å²) in [4.78, 5) is 0. The summed E-state index contributed by atoms with van der Waals surface area (Å²) in [6.45, 7) is 0. The van der Waals surface area contributed by atoms with Crippen molar-refractivity contribution in [2.45, 2.75) is 23.1 Å². The maximum absolute atomic E-state index is 12.0. The lowest BCUT2D eigenvalue weighted by Crippen LogP contribution is -2.31. The van der Waals surface area contributed by atoms with E-state index in [1.54, 1.807) is 0 Å². The van der Waals surface area contributed by atoms with Crippen molar-refractivity contribution in [1.29, 1.82) is 0 Å². The van der Waals surface area contributed by atoms with E-state index in [9.17, 15) is 22.0 Å². The van der Waals surface area contributed by atoms with Crippen molar-refractivity contribution in [3.8, 4) is 0 Å². The molecule has 1 unspecified atom stereocenters. The molecule has 0 saturated carbocycles. The summed E-state index contributed by atoms with van der Waals surface area (Å²) in [5.41, 5.74) is -2.15. The highest BCUT2D eigenvalue weighted by atomic mass is 32.2. The first kappa shape index (κ1) is 8.10. The van der Waals surface area contributed by atoms with Gasteiger partial charge in [0, 0.05) is 0 Å². The third-order valence-corrected chi connectivity index (χ3v) is 2.14. The van der Waals surface area contributed by atoms with Crippen LogP contribution in [-0.2, 0) is 0 Å². The molecule has 6 heteroatoms. The first-order chi connectivity index (χ1) is 4.35. The van der Waals surface area contributed by atoms with E-state index in [2.05, 4.69) is 0 Å². The zero-order chi connectivity index (χ0) is 7.99. The van der Waals surface area contributed by atoms with Gasteiger partial charge in [0.15, 0.2) is 5.50 Å². The fourth-order valence-electron chi connectivity index (χ4n) is 0.609. The quantitative estimate of drug-likeness (QED) is 0.514. The Morgan fingerprint density at radius 3 is 1.80 bits per heavy atom. The molecule has 0 amide bonds. The normalized spacial score (nSPS) is 36.3. The lowest BCUT2D eigenvalue weighted by molar-refractivity contribution is -0.147. The second-order valence-corrected chi connectivity index (χ2v) is 3.21. The molecule has 0 aromatic carbocycles. The minimum Gasteiger partial charge on any atom is -0.235 e. The van der Waals surface area contributed by atoms with E-state index in [1.165, 1.54) is 0 Å². The molecule has 60 valence electrons. The molecule has 0 nitrogen and oxygen atoms in total. The van der Waals surface area contributed by atoms with Crippen LogP contribution < -0.4 is 0 Å². The van der Waals surface area contributed by atoms with Crippen LogP contribution in [0.5, 0.6) is 0 Å². The van der Waals surface area contributed by atoms with Crippen molar-refractivity contribution >= 4 is 11.8 Å². The van der Waals surface area contributed by atoms with Gasteiger partial charge in [-0.3, -0.25) is 0 Å². The first-order valence-electron chi connectivity index (χ1n) is 2.43. The predicted octanol–water partition coefficient (Wildman–Crippen LogP) is 2.65. The van der Waals surface area contributed by atoms with Crippen molar-refractivity contribution in [1.82, 2.24) is 0 Å². The second-order valence-electron chi connectivity index (χ2n) is 1.95. The maximum Gasteiger partial charge on any atom is 0.358 e. The van der Waals surface area contributed by atoms with Gasteiger partial charge in [-0.2, -0.15) is 17.6 Å². The Balaban J connectivity index is 2.78. The molecule has 0 spiro atoms. The highest BCUT2D eigenvalue weighted by molar-refractivity contribution is 8.01. The zero-order valence-corrected chi connectivity index (χ0v) is 5.40. The molecule has 1 fully saturated rings. The van der Waals surface area contributed by atoms with Crippen molar-refractivity contribution in [2.75, 3.05) is 0 Å². The highest BCUT2D eigenvalue weighted by Gasteiger charge is 2.64. The first-order valence-corrected chi connectivity index (χ1v) is 3.31. The van der Waals surface area contributed by atoms with Crippen LogP contribution >= 0.6 is 11.8 Å². The van der Waals surface area contributed by atoms with Crippen molar-refractivity contribution in [3.05, 3.63) is 0 Å². The lowest BCUT2D eigenvalue weighted by atomic mass is 10.3. The molecule has 1 saturated heterocycles. The van der Waals surface area contributed by atoms with Crippen molar-refractivity contribution in [2.24, 2.45) is 0 Å². The number of hydrogen-bond acceptors (Lipinski definition) is 1. The Kier molecular flexibility index (Phi) is 1.61. The Morgan fingerprint density at radius 2 is 1.70 bits per heavy atom. The highest BCUT2D eigenvalue weighted by Crippen LogP contribution is 2.55. The third-order valence-electron chi connectivity index (χ3n) is 1.12. The number of rotatable bonds is 0. The number of halogens is 5. The Hall–Kier alpha value is -0.0000000000000000555. The minimum absolute atomic E-state index is 0.620. The fraction of sp³-hybridized carbons (Fsp3) is 1.00. The van der Waals surface area contributed by atoms with Gasteiger partial charge in [-0.15, -0.1) is 0 Å². The SMILES string of the molecule is FC1CC(F)(F)C(F)(F)S1. The predicted molar refractivity (Wildman–Crippen MR) is 27.0 cm³/mol. The number of thioether (sulfide) groups is 1.